The van der Waals surface area contributed by atoms with Crippen LogP contribution in [0.1, 0.15) is 17.5 Å². The zero-order valence-electron chi connectivity index (χ0n) is 11.9. The third-order valence-electron chi connectivity index (χ3n) is 2.83. The number of hydrogen-bond donors (Lipinski definition) is 2. The first kappa shape index (κ1) is 18.9. The van der Waals surface area contributed by atoms with Gasteiger partial charge in [-0.2, -0.15) is 0 Å². The summed E-state index contributed by atoms with van der Waals surface area (Å²) in [4.78, 5) is 11.6. The Morgan fingerprint density at radius 2 is 1.85 bits per heavy atom. The number of carbonyl (C=O) groups is 1. The van der Waals surface area contributed by atoms with Crippen LogP contribution >= 0.6 is 12.4 Å². The Morgan fingerprint density at radius 3 is 2.35 bits per heavy atom. The van der Waals surface area contributed by atoms with Crippen LogP contribution in [0, 0.1) is 0 Å². The summed E-state index contributed by atoms with van der Waals surface area (Å²) in [6, 6.07) is 7.93. The van der Waals surface area contributed by atoms with Gasteiger partial charge in [-0.3, -0.25) is 4.79 Å². The molecule has 1 atom stereocenters. The minimum Gasteiger partial charge on any atom is -0.380 e. The van der Waals surface area contributed by atoms with Gasteiger partial charge in [0, 0.05) is 27.3 Å². The molecule has 1 rings (SSSR count). The van der Waals surface area contributed by atoms with Crippen molar-refractivity contribution in [2.45, 2.75) is 25.7 Å². The van der Waals surface area contributed by atoms with Crippen LogP contribution < -0.4 is 11.1 Å². The van der Waals surface area contributed by atoms with Crippen molar-refractivity contribution in [3.63, 3.8) is 0 Å². The molecule has 0 aliphatic carbocycles. The van der Waals surface area contributed by atoms with Crippen LogP contribution in [0.3, 0.4) is 0 Å². The SMILES string of the molecule is COCc1ccc(CNC(=O)CC(CN)OC)cc1.Cl. The van der Waals surface area contributed by atoms with Gasteiger partial charge < -0.3 is 20.5 Å². The van der Waals surface area contributed by atoms with Crippen molar-refractivity contribution >= 4 is 18.3 Å². The summed E-state index contributed by atoms with van der Waals surface area (Å²) in [6.45, 7) is 1.45. The third-order valence-corrected chi connectivity index (χ3v) is 2.83. The maximum absolute atomic E-state index is 11.6. The summed E-state index contributed by atoms with van der Waals surface area (Å²) in [6.07, 6.45) is 0.0680. The number of rotatable bonds is 8. The molecule has 0 fully saturated rings. The Bertz CT molecular complexity index is 381. The van der Waals surface area contributed by atoms with Gasteiger partial charge in [-0.25, -0.2) is 0 Å². The summed E-state index contributed by atoms with van der Waals surface area (Å²) in [5, 5.41) is 2.84. The van der Waals surface area contributed by atoms with E-state index in [1.807, 2.05) is 24.3 Å². The van der Waals surface area contributed by atoms with Crippen molar-refractivity contribution in [2.24, 2.45) is 5.73 Å². The molecule has 0 saturated heterocycles. The summed E-state index contributed by atoms with van der Waals surface area (Å²) in [5.41, 5.74) is 7.63. The summed E-state index contributed by atoms with van der Waals surface area (Å²) in [5.74, 6) is -0.0572. The van der Waals surface area contributed by atoms with Gasteiger partial charge >= 0.3 is 0 Å². The van der Waals surface area contributed by atoms with E-state index in [9.17, 15) is 4.79 Å². The second kappa shape index (κ2) is 10.6. The monoisotopic (exact) mass is 302 g/mol. The number of ether oxygens (including phenoxy) is 2. The van der Waals surface area contributed by atoms with E-state index in [-0.39, 0.29) is 30.8 Å². The van der Waals surface area contributed by atoms with Crippen molar-refractivity contribution in [2.75, 3.05) is 20.8 Å². The van der Waals surface area contributed by atoms with Gasteiger partial charge in [0.25, 0.3) is 0 Å². The van der Waals surface area contributed by atoms with Gasteiger partial charge in [0.1, 0.15) is 0 Å². The molecule has 0 spiro atoms. The number of nitrogens with one attached hydrogen (secondary N) is 1. The van der Waals surface area contributed by atoms with Crippen LogP contribution in [0.2, 0.25) is 0 Å². The number of amides is 1. The molecule has 6 heteroatoms. The van der Waals surface area contributed by atoms with Crippen molar-refractivity contribution in [3.05, 3.63) is 35.4 Å². The second-order valence-electron chi connectivity index (χ2n) is 4.32. The van der Waals surface area contributed by atoms with E-state index in [0.29, 0.717) is 19.7 Å². The highest BCUT2D eigenvalue weighted by atomic mass is 35.5. The van der Waals surface area contributed by atoms with E-state index in [1.54, 1.807) is 14.2 Å². The number of methoxy groups -OCH3 is 2. The molecule has 0 radical (unpaired) electrons. The Labute approximate surface area is 126 Å². The molecule has 1 unspecified atom stereocenters. The molecular weight excluding hydrogens is 280 g/mol. The molecule has 0 aromatic heterocycles. The molecule has 114 valence electrons. The number of carbonyl (C=O) groups excluding carboxylic acids is 1. The highest BCUT2D eigenvalue weighted by molar-refractivity contribution is 5.85. The Kier molecular flexibility index (Phi) is 10.0. The number of hydrogen-bond acceptors (Lipinski definition) is 4. The Hall–Kier alpha value is -1.14. The fourth-order valence-electron chi connectivity index (χ4n) is 1.66. The third kappa shape index (κ3) is 6.86. The molecule has 0 heterocycles. The van der Waals surface area contributed by atoms with Gasteiger partial charge in [-0.05, 0) is 11.1 Å². The van der Waals surface area contributed by atoms with Crippen LogP contribution in [0.4, 0.5) is 0 Å². The lowest BCUT2D eigenvalue weighted by atomic mass is 10.1. The first-order valence-corrected chi connectivity index (χ1v) is 6.26. The van der Waals surface area contributed by atoms with E-state index < -0.39 is 0 Å². The Morgan fingerprint density at radius 1 is 1.25 bits per heavy atom. The minimum atomic E-state index is -0.218. The van der Waals surface area contributed by atoms with Crippen LogP contribution in [0.25, 0.3) is 0 Å². The Balaban J connectivity index is 0.00000361. The first-order chi connectivity index (χ1) is 9.19. The van der Waals surface area contributed by atoms with Gasteiger partial charge in [0.2, 0.25) is 5.91 Å². The smallest absolute Gasteiger partial charge is 0.222 e. The standard InChI is InChI=1S/C14H22N2O3.ClH/c1-18-10-12-5-3-11(4-6-12)9-16-14(17)7-13(8-15)19-2;/h3-6,13H,7-10,15H2,1-2H3,(H,16,17);1H. The van der Waals surface area contributed by atoms with E-state index in [1.165, 1.54) is 0 Å². The predicted molar refractivity (Wildman–Crippen MR) is 80.7 cm³/mol. The summed E-state index contributed by atoms with van der Waals surface area (Å²) in [7, 11) is 3.22. The normalized spacial score (nSPS) is 11.6. The van der Waals surface area contributed by atoms with Gasteiger partial charge in [-0.15, -0.1) is 12.4 Å². The van der Waals surface area contributed by atoms with E-state index >= 15 is 0 Å². The number of nitrogens with two attached hydrogens (primary N) is 1. The quantitative estimate of drug-likeness (QED) is 0.757. The lowest BCUT2D eigenvalue weighted by Gasteiger charge is -2.12. The molecule has 20 heavy (non-hydrogen) atoms. The molecule has 0 bridgehead atoms. The molecule has 1 aromatic rings. The van der Waals surface area contributed by atoms with Crippen molar-refractivity contribution in [1.82, 2.24) is 5.32 Å². The molecule has 0 aliphatic rings. The van der Waals surface area contributed by atoms with Gasteiger partial charge in [-0.1, -0.05) is 24.3 Å². The van der Waals surface area contributed by atoms with E-state index in [4.69, 9.17) is 15.2 Å². The van der Waals surface area contributed by atoms with Crippen LogP contribution in [0.5, 0.6) is 0 Å². The summed E-state index contributed by atoms with van der Waals surface area (Å²) < 4.78 is 10.1. The fraction of sp³-hybridized carbons (Fsp3) is 0.500. The topological polar surface area (TPSA) is 73.6 Å². The maximum atomic E-state index is 11.6. The van der Waals surface area contributed by atoms with Crippen LogP contribution in [-0.2, 0) is 27.4 Å². The van der Waals surface area contributed by atoms with E-state index in [2.05, 4.69) is 5.32 Å². The molecule has 0 saturated carbocycles. The van der Waals surface area contributed by atoms with Crippen LogP contribution in [-0.4, -0.2) is 32.8 Å². The van der Waals surface area contributed by atoms with E-state index in [0.717, 1.165) is 11.1 Å². The maximum Gasteiger partial charge on any atom is 0.222 e. The predicted octanol–water partition coefficient (Wildman–Crippen LogP) is 1.23. The molecular formula is C14H23ClN2O3. The molecule has 1 aromatic carbocycles. The average Bonchev–Trinajstić information content (AvgIpc) is 2.44. The molecule has 0 aliphatic heterocycles. The van der Waals surface area contributed by atoms with Gasteiger partial charge in [0.15, 0.2) is 0 Å². The molecule has 1 amide bonds. The summed E-state index contributed by atoms with van der Waals surface area (Å²) >= 11 is 0. The average molecular weight is 303 g/mol. The van der Waals surface area contributed by atoms with Crippen LogP contribution in [0.15, 0.2) is 24.3 Å². The number of halogens is 1. The lowest BCUT2D eigenvalue weighted by Crippen LogP contribution is -2.31. The lowest BCUT2D eigenvalue weighted by molar-refractivity contribution is -0.123. The largest absolute Gasteiger partial charge is 0.380 e. The highest BCUT2D eigenvalue weighted by Crippen LogP contribution is 2.05. The second-order valence-corrected chi connectivity index (χ2v) is 4.32. The highest BCUT2D eigenvalue weighted by Gasteiger charge is 2.10. The minimum absolute atomic E-state index is 0. The van der Waals surface area contributed by atoms with Gasteiger partial charge in [0.05, 0.1) is 19.1 Å². The zero-order valence-corrected chi connectivity index (χ0v) is 12.7. The molecule has 3 N–H and O–H groups in total. The van der Waals surface area contributed by atoms with Crippen molar-refractivity contribution in [3.8, 4) is 0 Å². The van der Waals surface area contributed by atoms with Crippen molar-refractivity contribution in [1.29, 1.82) is 0 Å². The fourth-order valence-corrected chi connectivity index (χ4v) is 1.66. The molecule has 5 nitrogen and oxygen atoms in total. The van der Waals surface area contributed by atoms with Crippen molar-refractivity contribution < 1.29 is 14.3 Å². The first-order valence-electron chi connectivity index (χ1n) is 6.26. The number of benzene rings is 1. The zero-order chi connectivity index (χ0) is 14.1.